The first kappa shape index (κ1) is 16.1. The van der Waals surface area contributed by atoms with Gasteiger partial charge in [-0.1, -0.05) is 6.92 Å². The van der Waals surface area contributed by atoms with Gasteiger partial charge < -0.3 is 14.8 Å². The zero-order chi connectivity index (χ0) is 15.4. The Morgan fingerprint density at radius 3 is 2.57 bits per heavy atom. The Bertz CT molecular complexity index is 388. The van der Waals surface area contributed by atoms with Crippen molar-refractivity contribution in [3.63, 3.8) is 0 Å². The zero-order valence-corrected chi connectivity index (χ0v) is 13.1. The molecule has 2 fully saturated rings. The van der Waals surface area contributed by atoms with Gasteiger partial charge in [-0.2, -0.15) is 0 Å². The molecule has 120 valence electrons. The van der Waals surface area contributed by atoms with Crippen LogP contribution in [0.3, 0.4) is 0 Å². The molecule has 0 aromatic carbocycles. The molecule has 1 saturated carbocycles. The molecule has 1 N–H and O–H groups in total. The Hall–Kier alpha value is -1.30. The summed E-state index contributed by atoms with van der Waals surface area (Å²) in [4.78, 5) is 25.8. The molecule has 1 heterocycles. The summed E-state index contributed by atoms with van der Waals surface area (Å²) in [6.45, 7) is 5.87. The van der Waals surface area contributed by atoms with E-state index in [0.29, 0.717) is 25.0 Å². The number of likely N-dealkylation sites (tertiary alicyclic amines) is 1. The summed E-state index contributed by atoms with van der Waals surface area (Å²) in [5, 5.41) is 2.87. The van der Waals surface area contributed by atoms with E-state index in [4.69, 9.17) is 9.47 Å². The molecule has 4 unspecified atom stereocenters. The average Bonchev–Trinajstić information content (AvgIpc) is 2.44. The van der Waals surface area contributed by atoms with Crippen LogP contribution >= 0.6 is 0 Å². The van der Waals surface area contributed by atoms with E-state index in [1.54, 1.807) is 6.92 Å². The average molecular weight is 298 g/mol. The molecular weight excluding hydrogens is 272 g/mol. The Balaban J connectivity index is 1.99. The maximum atomic E-state index is 11.9. The molecule has 2 aliphatic rings. The summed E-state index contributed by atoms with van der Waals surface area (Å²) >= 11 is 0. The lowest BCUT2D eigenvalue weighted by Gasteiger charge is -2.47. The van der Waals surface area contributed by atoms with Crippen LogP contribution < -0.4 is 5.32 Å². The summed E-state index contributed by atoms with van der Waals surface area (Å²) in [6, 6.07) is 0.457. The molecule has 21 heavy (non-hydrogen) atoms. The second kappa shape index (κ2) is 7.11. The highest BCUT2D eigenvalue weighted by atomic mass is 16.5. The van der Waals surface area contributed by atoms with Gasteiger partial charge in [0.05, 0.1) is 19.6 Å². The van der Waals surface area contributed by atoms with Crippen LogP contribution in [0, 0.1) is 11.8 Å². The van der Waals surface area contributed by atoms with Crippen molar-refractivity contribution in [3.8, 4) is 0 Å². The van der Waals surface area contributed by atoms with Gasteiger partial charge >= 0.3 is 12.1 Å². The third-order valence-corrected chi connectivity index (χ3v) is 4.65. The number of carbonyl (C=O) groups is 2. The first-order valence-electron chi connectivity index (χ1n) is 7.80. The lowest BCUT2D eigenvalue weighted by atomic mass is 9.78. The van der Waals surface area contributed by atoms with Gasteiger partial charge in [0, 0.05) is 25.2 Å². The molecule has 0 aromatic rings. The first-order valence-corrected chi connectivity index (χ1v) is 7.80. The number of methoxy groups -OCH3 is 1. The Morgan fingerprint density at radius 2 is 2.05 bits per heavy atom. The molecule has 0 spiro atoms. The molecule has 1 aliphatic carbocycles. The van der Waals surface area contributed by atoms with Crippen molar-refractivity contribution in [2.45, 2.75) is 45.2 Å². The monoisotopic (exact) mass is 298 g/mol. The van der Waals surface area contributed by atoms with E-state index >= 15 is 0 Å². The number of hydrogen-bond donors (Lipinski definition) is 1. The van der Waals surface area contributed by atoms with E-state index in [0.717, 1.165) is 13.1 Å². The second-order valence-corrected chi connectivity index (χ2v) is 6.09. The largest absolute Gasteiger partial charge is 0.469 e. The standard InChI is InChI=1S/C15H26N2O4/c1-4-21-15(19)16-12-7-11(14(18)20-3)8-17(9-12)13-6-5-10(13)2/h10-13H,4-9H2,1-3H3,(H,16,19). The van der Waals surface area contributed by atoms with Gasteiger partial charge in [0.1, 0.15) is 0 Å². The number of nitrogens with zero attached hydrogens (tertiary/aromatic N) is 1. The molecule has 0 radical (unpaired) electrons. The lowest BCUT2D eigenvalue weighted by Crippen LogP contribution is -2.58. The second-order valence-electron chi connectivity index (χ2n) is 6.09. The highest BCUT2D eigenvalue weighted by Crippen LogP contribution is 2.34. The number of ether oxygens (including phenoxy) is 2. The summed E-state index contributed by atoms with van der Waals surface area (Å²) in [7, 11) is 1.42. The van der Waals surface area contributed by atoms with Crippen LogP contribution in [0.1, 0.15) is 33.1 Å². The van der Waals surface area contributed by atoms with E-state index in [9.17, 15) is 9.59 Å². The van der Waals surface area contributed by atoms with Crippen molar-refractivity contribution in [1.29, 1.82) is 0 Å². The van der Waals surface area contributed by atoms with Crippen LogP contribution in [-0.2, 0) is 14.3 Å². The number of piperidine rings is 1. The summed E-state index contributed by atoms with van der Waals surface area (Å²) in [6.07, 6.45) is 2.61. The maximum Gasteiger partial charge on any atom is 0.407 e. The normalized spacial score (nSPS) is 32.9. The van der Waals surface area contributed by atoms with E-state index in [-0.39, 0.29) is 17.9 Å². The van der Waals surface area contributed by atoms with Crippen LogP contribution in [0.25, 0.3) is 0 Å². The third-order valence-electron chi connectivity index (χ3n) is 4.65. The maximum absolute atomic E-state index is 11.9. The van der Waals surface area contributed by atoms with E-state index in [1.165, 1.54) is 20.0 Å². The molecular formula is C15H26N2O4. The fourth-order valence-corrected chi connectivity index (χ4v) is 3.38. The SMILES string of the molecule is CCOC(=O)NC1CC(C(=O)OC)CN(C2CCC2C)C1. The smallest absolute Gasteiger partial charge is 0.407 e. The highest BCUT2D eigenvalue weighted by Gasteiger charge is 2.40. The van der Waals surface area contributed by atoms with Crippen molar-refractivity contribution in [3.05, 3.63) is 0 Å². The number of alkyl carbamates (subject to hydrolysis) is 1. The van der Waals surface area contributed by atoms with Crippen molar-refractivity contribution in [2.24, 2.45) is 11.8 Å². The van der Waals surface area contributed by atoms with Crippen LogP contribution in [0.2, 0.25) is 0 Å². The van der Waals surface area contributed by atoms with E-state index in [1.807, 2.05) is 0 Å². The number of hydrogen-bond acceptors (Lipinski definition) is 5. The van der Waals surface area contributed by atoms with Crippen LogP contribution in [0.5, 0.6) is 0 Å². The van der Waals surface area contributed by atoms with Gasteiger partial charge in [-0.05, 0) is 32.1 Å². The highest BCUT2D eigenvalue weighted by molar-refractivity contribution is 5.73. The summed E-state index contributed by atoms with van der Waals surface area (Å²) < 4.78 is 9.83. The summed E-state index contributed by atoms with van der Waals surface area (Å²) in [5.41, 5.74) is 0. The Labute approximate surface area is 126 Å². The molecule has 6 nitrogen and oxygen atoms in total. The first-order chi connectivity index (χ1) is 10.0. The number of carbonyl (C=O) groups excluding carboxylic acids is 2. The van der Waals surface area contributed by atoms with E-state index < -0.39 is 6.09 Å². The molecule has 0 bridgehead atoms. The number of esters is 1. The molecule has 1 saturated heterocycles. The minimum Gasteiger partial charge on any atom is -0.469 e. The molecule has 1 aliphatic heterocycles. The van der Waals surface area contributed by atoms with Gasteiger partial charge in [-0.25, -0.2) is 4.79 Å². The molecule has 6 heteroatoms. The fraction of sp³-hybridized carbons (Fsp3) is 0.867. The van der Waals surface area contributed by atoms with Crippen LogP contribution in [0.15, 0.2) is 0 Å². The van der Waals surface area contributed by atoms with Crippen LogP contribution in [-0.4, -0.2) is 55.9 Å². The predicted octanol–water partition coefficient (Wildman–Crippen LogP) is 1.39. The van der Waals surface area contributed by atoms with E-state index in [2.05, 4.69) is 17.1 Å². The van der Waals surface area contributed by atoms with Crippen molar-refractivity contribution < 1.29 is 19.1 Å². The van der Waals surface area contributed by atoms with Crippen LogP contribution in [0.4, 0.5) is 4.79 Å². The minimum atomic E-state index is -0.408. The molecule has 2 rings (SSSR count). The van der Waals surface area contributed by atoms with Crippen molar-refractivity contribution in [2.75, 3.05) is 26.8 Å². The molecule has 1 amide bonds. The fourth-order valence-electron chi connectivity index (χ4n) is 3.38. The Kier molecular flexibility index (Phi) is 5.45. The Morgan fingerprint density at radius 1 is 1.29 bits per heavy atom. The minimum absolute atomic E-state index is 0.0605. The van der Waals surface area contributed by atoms with Gasteiger partial charge in [-0.15, -0.1) is 0 Å². The zero-order valence-electron chi connectivity index (χ0n) is 13.1. The van der Waals surface area contributed by atoms with Gasteiger partial charge in [0.15, 0.2) is 0 Å². The van der Waals surface area contributed by atoms with Gasteiger partial charge in [0.25, 0.3) is 0 Å². The van der Waals surface area contributed by atoms with Gasteiger partial charge in [0.2, 0.25) is 0 Å². The third kappa shape index (κ3) is 3.87. The predicted molar refractivity (Wildman–Crippen MR) is 77.8 cm³/mol. The molecule has 0 aromatic heterocycles. The lowest BCUT2D eigenvalue weighted by molar-refractivity contribution is -0.148. The quantitative estimate of drug-likeness (QED) is 0.795. The molecule has 4 atom stereocenters. The topological polar surface area (TPSA) is 67.9 Å². The number of amides is 1. The van der Waals surface area contributed by atoms with Gasteiger partial charge in [-0.3, -0.25) is 9.69 Å². The van der Waals surface area contributed by atoms with Crippen molar-refractivity contribution in [1.82, 2.24) is 10.2 Å². The number of rotatable bonds is 4. The number of nitrogens with one attached hydrogen (secondary N) is 1. The summed E-state index contributed by atoms with van der Waals surface area (Å²) in [5.74, 6) is 0.287. The van der Waals surface area contributed by atoms with Crippen molar-refractivity contribution >= 4 is 12.1 Å².